The van der Waals surface area contributed by atoms with Gasteiger partial charge in [-0.1, -0.05) is 48.6 Å². The minimum absolute atomic E-state index is 0.0409. The summed E-state index contributed by atoms with van der Waals surface area (Å²) in [5.41, 5.74) is 1.71. The maximum atomic E-state index is 11.7. The standard InChI is InChI=1S/C16H13NO/c18-16(15-10-6-12-17-13-15)11-5-4-9-14-7-2-1-3-8-14/h1-13H. The zero-order chi connectivity index (χ0) is 12.6. The summed E-state index contributed by atoms with van der Waals surface area (Å²) in [7, 11) is 0. The van der Waals surface area contributed by atoms with Crippen molar-refractivity contribution >= 4 is 11.9 Å². The van der Waals surface area contributed by atoms with Crippen LogP contribution in [0, 0.1) is 0 Å². The lowest BCUT2D eigenvalue weighted by Gasteiger charge is -1.92. The van der Waals surface area contributed by atoms with Crippen LogP contribution in [0.25, 0.3) is 6.08 Å². The molecule has 2 nitrogen and oxygen atoms in total. The Balaban J connectivity index is 1.96. The van der Waals surface area contributed by atoms with Crippen molar-refractivity contribution in [1.29, 1.82) is 0 Å². The van der Waals surface area contributed by atoms with E-state index in [4.69, 9.17) is 0 Å². The number of aromatic nitrogens is 1. The van der Waals surface area contributed by atoms with Gasteiger partial charge in [0, 0.05) is 18.0 Å². The van der Waals surface area contributed by atoms with Crippen LogP contribution in [0.3, 0.4) is 0 Å². The van der Waals surface area contributed by atoms with Gasteiger partial charge in [-0.05, 0) is 23.8 Å². The van der Waals surface area contributed by atoms with E-state index in [9.17, 15) is 4.79 Å². The molecule has 0 aliphatic rings. The highest BCUT2D eigenvalue weighted by atomic mass is 16.1. The summed E-state index contributed by atoms with van der Waals surface area (Å²) in [5, 5.41) is 0. The maximum Gasteiger partial charge on any atom is 0.187 e. The van der Waals surface area contributed by atoms with E-state index in [1.807, 2.05) is 42.5 Å². The number of pyridine rings is 1. The second kappa shape index (κ2) is 6.30. The van der Waals surface area contributed by atoms with E-state index in [0.717, 1.165) is 5.56 Å². The van der Waals surface area contributed by atoms with E-state index in [2.05, 4.69) is 4.98 Å². The van der Waals surface area contributed by atoms with Gasteiger partial charge in [-0.25, -0.2) is 0 Å². The fourth-order valence-electron chi connectivity index (χ4n) is 1.48. The molecule has 0 bridgehead atoms. The molecular weight excluding hydrogens is 222 g/mol. The number of carbonyl (C=O) groups is 1. The molecule has 1 aromatic heterocycles. The number of hydrogen-bond acceptors (Lipinski definition) is 2. The van der Waals surface area contributed by atoms with Gasteiger partial charge in [0.05, 0.1) is 0 Å². The number of allylic oxidation sites excluding steroid dienone is 3. The Bertz CT molecular complexity index is 556. The van der Waals surface area contributed by atoms with Crippen molar-refractivity contribution in [3.63, 3.8) is 0 Å². The molecular formula is C16H13NO. The number of nitrogens with zero attached hydrogens (tertiary/aromatic N) is 1. The molecule has 0 N–H and O–H groups in total. The Labute approximate surface area is 106 Å². The van der Waals surface area contributed by atoms with E-state index in [-0.39, 0.29) is 5.78 Å². The average molecular weight is 235 g/mol. The lowest BCUT2D eigenvalue weighted by molar-refractivity contribution is 0.104. The quantitative estimate of drug-likeness (QED) is 0.461. The van der Waals surface area contributed by atoms with Crippen LogP contribution in [0.2, 0.25) is 0 Å². The predicted octanol–water partition coefficient (Wildman–Crippen LogP) is 3.53. The molecule has 1 aromatic carbocycles. The second-order valence-corrected chi connectivity index (χ2v) is 3.73. The monoisotopic (exact) mass is 235 g/mol. The molecule has 2 heteroatoms. The molecule has 88 valence electrons. The fourth-order valence-corrected chi connectivity index (χ4v) is 1.48. The number of rotatable bonds is 4. The van der Waals surface area contributed by atoms with Crippen molar-refractivity contribution in [2.75, 3.05) is 0 Å². The Hall–Kier alpha value is -2.48. The molecule has 0 radical (unpaired) electrons. The van der Waals surface area contributed by atoms with Gasteiger partial charge in [0.25, 0.3) is 0 Å². The Morgan fingerprint density at radius 1 is 1.00 bits per heavy atom. The molecule has 0 aliphatic carbocycles. The van der Waals surface area contributed by atoms with Crippen LogP contribution >= 0.6 is 0 Å². The van der Waals surface area contributed by atoms with Gasteiger partial charge in [0.15, 0.2) is 5.78 Å². The molecule has 1 heterocycles. The van der Waals surface area contributed by atoms with Gasteiger partial charge in [-0.3, -0.25) is 9.78 Å². The van der Waals surface area contributed by atoms with E-state index in [1.165, 1.54) is 6.08 Å². The van der Waals surface area contributed by atoms with Crippen LogP contribution in [0.15, 0.2) is 73.1 Å². The lowest BCUT2D eigenvalue weighted by Crippen LogP contribution is -1.93. The normalized spacial score (nSPS) is 11.1. The average Bonchev–Trinajstić information content (AvgIpc) is 2.45. The molecule has 18 heavy (non-hydrogen) atoms. The van der Waals surface area contributed by atoms with E-state index in [0.29, 0.717) is 5.56 Å². The minimum atomic E-state index is -0.0409. The van der Waals surface area contributed by atoms with E-state index < -0.39 is 0 Å². The molecule has 0 fully saturated rings. The number of ketones is 1. The molecule has 0 spiro atoms. The third-order valence-corrected chi connectivity index (χ3v) is 2.39. The second-order valence-electron chi connectivity index (χ2n) is 3.73. The van der Waals surface area contributed by atoms with Crippen molar-refractivity contribution < 1.29 is 4.79 Å². The SMILES string of the molecule is O=C(C=CC=Cc1ccccc1)c1cccnc1. The highest BCUT2D eigenvalue weighted by molar-refractivity contribution is 6.04. The summed E-state index contributed by atoms with van der Waals surface area (Å²) in [4.78, 5) is 15.6. The van der Waals surface area contributed by atoms with Crippen molar-refractivity contribution in [3.8, 4) is 0 Å². The smallest absolute Gasteiger partial charge is 0.187 e. The van der Waals surface area contributed by atoms with Gasteiger partial charge in [0.1, 0.15) is 0 Å². The Morgan fingerprint density at radius 2 is 1.83 bits per heavy atom. The van der Waals surface area contributed by atoms with Crippen LogP contribution in [-0.4, -0.2) is 10.8 Å². The van der Waals surface area contributed by atoms with Crippen LogP contribution in [0.4, 0.5) is 0 Å². The topological polar surface area (TPSA) is 30.0 Å². The molecule has 0 saturated heterocycles. The van der Waals surface area contributed by atoms with Crippen LogP contribution in [0.1, 0.15) is 15.9 Å². The molecule has 2 rings (SSSR count). The zero-order valence-corrected chi connectivity index (χ0v) is 9.86. The number of benzene rings is 1. The van der Waals surface area contributed by atoms with Gasteiger partial charge < -0.3 is 0 Å². The summed E-state index contributed by atoms with van der Waals surface area (Å²) >= 11 is 0. The summed E-state index contributed by atoms with van der Waals surface area (Å²) in [6.07, 6.45) is 10.3. The van der Waals surface area contributed by atoms with Gasteiger partial charge >= 0.3 is 0 Å². The molecule has 2 aromatic rings. The maximum absolute atomic E-state index is 11.7. The summed E-state index contributed by atoms with van der Waals surface area (Å²) < 4.78 is 0. The highest BCUT2D eigenvalue weighted by Gasteiger charge is 1.98. The first kappa shape index (κ1) is 12.0. The third-order valence-electron chi connectivity index (χ3n) is 2.39. The molecule has 0 saturated carbocycles. The summed E-state index contributed by atoms with van der Waals surface area (Å²) in [6, 6.07) is 13.4. The Kier molecular flexibility index (Phi) is 4.20. The molecule has 0 amide bonds. The van der Waals surface area contributed by atoms with Crippen LogP contribution in [0.5, 0.6) is 0 Å². The first-order chi connectivity index (χ1) is 8.86. The Morgan fingerprint density at radius 3 is 2.56 bits per heavy atom. The highest BCUT2D eigenvalue weighted by Crippen LogP contribution is 2.02. The van der Waals surface area contributed by atoms with E-state index >= 15 is 0 Å². The van der Waals surface area contributed by atoms with E-state index in [1.54, 1.807) is 30.6 Å². The predicted molar refractivity (Wildman–Crippen MR) is 73.2 cm³/mol. The number of carbonyl (C=O) groups excluding carboxylic acids is 1. The summed E-state index contributed by atoms with van der Waals surface area (Å²) in [5.74, 6) is -0.0409. The van der Waals surface area contributed by atoms with Crippen molar-refractivity contribution in [2.45, 2.75) is 0 Å². The van der Waals surface area contributed by atoms with Crippen LogP contribution in [-0.2, 0) is 0 Å². The third kappa shape index (κ3) is 3.52. The lowest BCUT2D eigenvalue weighted by atomic mass is 10.1. The summed E-state index contributed by atoms with van der Waals surface area (Å²) in [6.45, 7) is 0. The first-order valence-corrected chi connectivity index (χ1v) is 5.70. The molecule has 0 aliphatic heterocycles. The first-order valence-electron chi connectivity index (χ1n) is 5.70. The molecule has 0 unspecified atom stereocenters. The van der Waals surface area contributed by atoms with Gasteiger partial charge in [-0.15, -0.1) is 0 Å². The van der Waals surface area contributed by atoms with Gasteiger partial charge in [-0.2, -0.15) is 0 Å². The zero-order valence-electron chi connectivity index (χ0n) is 9.86. The van der Waals surface area contributed by atoms with Crippen LogP contribution < -0.4 is 0 Å². The number of hydrogen-bond donors (Lipinski definition) is 0. The fraction of sp³-hybridized carbons (Fsp3) is 0. The largest absolute Gasteiger partial charge is 0.289 e. The molecule has 0 atom stereocenters. The van der Waals surface area contributed by atoms with Crippen molar-refractivity contribution in [3.05, 3.63) is 84.2 Å². The van der Waals surface area contributed by atoms with Crippen molar-refractivity contribution in [2.24, 2.45) is 0 Å². The van der Waals surface area contributed by atoms with Crippen molar-refractivity contribution in [1.82, 2.24) is 4.98 Å². The minimum Gasteiger partial charge on any atom is -0.289 e. The van der Waals surface area contributed by atoms with Gasteiger partial charge in [0.2, 0.25) is 0 Å².